The molecule has 0 bridgehead atoms. The van der Waals surface area contributed by atoms with Crippen molar-refractivity contribution >= 4 is 11.8 Å². The predicted octanol–water partition coefficient (Wildman–Crippen LogP) is 4.83. The van der Waals surface area contributed by atoms with E-state index in [2.05, 4.69) is 0 Å². The number of likely N-dealkylation sites (tertiary alicyclic amines) is 2. The summed E-state index contributed by atoms with van der Waals surface area (Å²) in [6.45, 7) is 10.2. The summed E-state index contributed by atoms with van der Waals surface area (Å²) in [4.78, 5) is 27.0. The van der Waals surface area contributed by atoms with Crippen LogP contribution in [0.15, 0.2) is 24.3 Å². The highest BCUT2D eigenvalue weighted by atomic mass is 19.4. The smallest absolute Gasteiger partial charge is 0.385 e. The number of piperidine rings is 2. The number of aliphatic hydroxyl groups is 1. The van der Waals surface area contributed by atoms with Crippen molar-refractivity contribution in [3.63, 3.8) is 0 Å². The summed E-state index contributed by atoms with van der Waals surface area (Å²) in [7, 11) is 0. The van der Waals surface area contributed by atoms with E-state index in [1.165, 1.54) is 31.4 Å². The average Bonchev–Trinajstić information content (AvgIpc) is 2.79. The zero-order chi connectivity index (χ0) is 24.8. The zero-order valence-corrected chi connectivity index (χ0v) is 20.1. The number of hydrogen-bond donors (Lipinski definition) is 1. The van der Waals surface area contributed by atoms with Crippen LogP contribution in [-0.2, 0) is 21.4 Å². The largest absolute Gasteiger partial charge is 0.416 e. The second-order valence-electron chi connectivity index (χ2n) is 9.63. The Labute approximate surface area is 194 Å². The molecular weight excluding hydrogens is 433 g/mol. The molecule has 3 rings (SSSR count). The molecule has 186 valence electrons. The molecule has 33 heavy (non-hydrogen) atoms. The Kier molecular flexibility index (Phi) is 9.35. The number of nitrogens with zero attached hydrogens (tertiary/aromatic N) is 2. The number of halogens is 3. The first kappa shape index (κ1) is 27.2. The number of hydrogen-bond acceptors (Lipinski definition) is 3. The van der Waals surface area contributed by atoms with Crippen molar-refractivity contribution in [3.05, 3.63) is 35.4 Å². The van der Waals surface area contributed by atoms with Gasteiger partial charge >= 0.3 is 6.18 Å². The monoisotopic (exact) mass is 470 g/mol. The van der Waals surface area contributed by atoms with Crippen molar-refractivity contribution in [2.24, 2.45) is 11.8 Å². The van der Waals surface area contributed by atoms with Gasteiger partial charge in [-0.3, -0.25) is 9.59 Å². The Bertz CT molecular complexity index is 794. The van der Waals surface area contributed by atoms with E-state index in [0.29, 0.717) is 19.0 Å². The van der Waals surface area contributed by atoms with Gasteiger partial charge in [0.25, 0.3) is 0 Å². The minimum atomic E-state index is -4.43. The van der Waals surface area contributed by atoms with E-state index in [1.807, 2.05) is 18.7 Å². The molecule has 2 amide bonds. The molecule has 1 N–H and O–H groups in total. The SMILES string of the molecule is CC(C)C(=O)N1CCC(O)(c2cccc(C(F)(F)F)c2)CC1.CC(C)C(=O)N1CCCCC1. The third-order valence-electron chi connectivity index (χ3n) is 6.29. The molecule has 8 heteroatoms. The number of rotatable bonds is 3. The van der Waals surface area contributed by atoms with E-state index in [9.17, 15) is 27.9 Å². The van der Waals surface area contributed by atoms with Crippen LogP contribution in [-0.4, -0.2) is 52.9 Å². The van der Waals surface area contributed by atoms with Gasteiger partial charge in [0.15, 0.2) is 0 Å². The summed E-state index contributed by atoms with van der Waals surface area (Å²) in [5, 5.41) is 10.7. The molecule has 2 aliphatic heterocycles. The van der Waals surface area contributed by atoms with Gasteiger partial charge in [0.2, 0.25) is 11.8 Å². The second kappa shape index (κ2) is 11.4. The van der Waals surface area contributed by atoms with E-state index >= 15 is 0 Å². The number of amides is 2. The van der Waals surface area contributed by atoms with Gasteiger partial charge in [-0.05, 0) is 49.8 Å². The first-order valence-electron chi connectivity index (χ1n) is 11.8. The van der Waals surface area contributed by atoms with Gasteiger partial charge < -0.3 is 14.9 Å². The highest BCUT2D eigenvalue weighted by molar-refractivity contribution is 5.78. The van der Waals surface area contributed by atoms with Crippen molar-refractivity contribution in [1.82, 2.24) is 9.80 Å². The van der Waals surface area contributed by atoms with Gasteiger partial charge in [0, 0.05) is 38.0 Å². The first-order chi connectivity index (χ1) is 15.3. The van der Waals surface area contributed by atoms with Gasteiger partial charge in [-0.2, -0.15) is 13.2 Å². The van der Waals surface area contributed by atoms with Crippen molar-refractivity contribution in [2.45, 2.75) is 71.6 Å². The van der Waals surface area contributed by atoms with Crippen molar-refractivity contribution < 1.29 is 27.9 Å². The fourth-order valence-corrected chi connectivity index (χ4v) is 4.22. The molecule has 0 unspecified atom stereocenters. The summed E-state index contributed by atoms with van der Waals surface area (Å²) >= 11 is 0. The summed E-state index contributed by atoms with van der Waals surface area (Å²) in [6.07, 6.45) is -0.265. The summed E-state index contributed by atoms with van der Waals surface area (Å²) < 4.78 is 38.3. The standard InChI is InChI=1S/C16H20F3NO2.C9H17NO/c1-11(2)14(21)20-8-6-15(22,7-9-20)12-4-3-5-13(10-12)16(17,18)19;1-8(2)9(11)10-6-4-3-5-7-10/h3-5,10-11,22H,6-9H2,1-2H3;8H,3-7H2,1-2H3. The molecule has 0 aliphatic carbocycles. The van der Waals surface area contributed by atoms with Crippen LogP contribution < -0.4 is 0 Å². The number of carbonyl (C=O) groups is 2. The molecule has 1 aromatic carbocycles. The first-order valence-corrected chi connectivity index (χ1v) is 11.8. The zero-order valence-electron chi connectivity index (χ0n) is 20.1. The maximum absolute atomic E-state index is 12.8. The minimum absolute atomic E-state index is 0.00564. The lowest BCUT2D eigenvalue weighted by Gasteiger charge is -2.39. The lowest BCUT2D eigenvalue weighted by Crippen LogP contribution is -2.46. The molecule has 0 atom stereocenters. The fourth-order valence-electron chi connectivity index (χ4n) is 4.22. The quantitative estimate of drug-likeness (QED) is 0.689. The molecule has 2 heterocycles. The normalized spacial score (nSPS) is 18.7. The fraction of sp³-hybridized carbons (Fsp3) is 0.680. The van der Waals surface area contributed by atoms with Crippen LogP contribution in [0, 0.1) is 11.8 Å². The van der Waals surface area contributed by atoms with E-state index in [0.717, 1.165) is 25.2 Å². The lowest BCUT2D eigenvalue weighted by atomic mass is 9.83. The highest BCUT2D eigenvalue weighted by Gasteiger charge is 2.38. The number of benzene rings is 1. The molecule has 1 aromatic rings. The Morgan fingerprint density at radius 2 is 1.36 bits per heavy atom. The van der Waals surface area contributed by atoms with Gasteiger partial charge in [0.05, 0.1) is 11.2 Å². The number of carbonyl (C=O) groups excluding carboxylic acids is 2. The minimum Gasteiger partial charge on any atom is -0.385 e. The van der Waals surface area contributed by atoms with Gasteiger partial charge in [-0.15, -0.1) is 0 Å². The molecule has 0 saturated carbocycles. The summed E-state index contributed by atoms with van der Waals surface area (Å²) in [5.74, 6) is 0.378. The third-order valence-corrected chi connectivity index (χ3v) is 6.29. The average molecular weight is 471 g/mol. The molecule has 2 saturated heterocycles. The van der Waals surface area contributed by atoms with Crippen LogP contribution in [0.3, 0.4) is 0 Å². The predicted molar refractivity (Wildman–Crippen MR) is 121 cm³/mol. The molecule has 5 nitrogen and oxygen atoms in total. The van der Waals surface area contributed by atoms with Crippen LogP contribution in [0.2, 0.25) is 0 Å². The molecule has 0 radical (unpaired) electrons. The molecule has 2 fully saturated rings. The maximum Gasteiger partial charge on any atom is 0.416 e. The van der Waals surface area contributed by atoms with Gasteiger partial charge in [-0.25, -0.2) is 0 Å². The Morgan fingerprint density at radius 1 is 0.879 bits per heavy atom. The van der Waals surface area contributed by atoms with Crippen LogP contribution in [0.4, 0.5) is 13.2 Å². The van der Waals surface area contributed by atoms with Crippen LogP contribution >= 0.6 is 0 Å². The van der Waals surface area contributed by atoms with Crippen molar-refractivity contribution in [3.8, 4) is 0 Å². The Morgan fingerprint density at radius 3 is 1.82 bits per heavy atom. The van der Waals surface area contributed by atoms with Crippen LogP contribution in [0.1, 0.15) is 70.9 Å². The summed E-state index contributed by atoms with van der Waals surface area (Å²) in [5.41, 5.74) is -1.81. The van der Waals surface area contributed by atoms with E-state index in [1.54, 1.807) is 18.7 Å². The van der Waals surface area contributed by atoms with E-state index < -0.39 is 17.3 Å². The van der Waals surface area contributed by atoms with Gasteiger partial charge in [0.1, 0.15) is 0 Å². The van der Waals surface area contributed by atoms with E-state index in [4.69, 9.17) is 0 Å². The number of alkyl halides is 3. The van der Waals surface area contributed by atoms with E-state index in [-0.39, 0.29) is 36.1 Å². The lowest BCUT2D eigenvalue weighted by molar-refractivity contribution is -0.139. The summed E-state index contributed by atoms with van der Waals surface area (Å²) in [6, 6.07) is 4.81. The molecule has 0 aromatic heterocycles. The highest BCUT2D eigenvalue weighted by Crippen LogP contribution is 2.36. The second-order valence-corrected chi connectivity index (χ2v) is 9.63. The molecule has 0 spiro atoms. The molecular formula is C25H37F3N2O3. The van der Waals surface area contributed by atoms with Crippen molar-refractivity contribution in [2.75, 3.05) is 26.2 Å². The molecule has 2 aliphatic rings. The maximum atomic E-state index is 12.8. The van der Waals surface area contributed by atoms with Crippen LogP contribution in [0.5, 0.6) is 0 Å². The van der Waals surface area contributed by atoms with Gasteiger partial charge in [-0.1, -0.05) is 39.8 Å². The van der Waals surface area contributed by atoms with Crippen LogP contribution in [0.25, 0.3) is 0 Å². The Hall–Kier alpha value is -2.09. The topological polar surface area (TPSA) is 60.9 Å². The third kappa shape index (κ3) is 7.45. The van der Waals surface area contributed by atoms with Crippen molar-refractivity contribution in [1.29, 1.82) is 0 Å². The Balaban J connectivity index is 0.000000294.